The third-order valence-corrected chi connectivity index (χ3v) is 5.52. The minimum Gasteiger partial charge on any atom is -0.407 e. The summed E-state index contributed by atoms with van der Waals surface area (Å²) in [5, 5.41) is 1.33. The maximum absolute atomic E-state index is 10.1. The molecule has 0 saturated carbocycles. The molecule has 3 heteroatoms. The van der Waals surface area contributed by atoms with Gasteiger partial charge in [-0.25, -0.2) is 0 Å². The molecule has 88 valence electrons. The number of allylic oxidation sites excluding steroid dienone is 4. The Hall–Kier alpha value is -0.933. The van der Waals surface area contributed by atoms with Crippen LogP contribution in [0, 0.1) is 0 Å². The van der Waals surface area contributed by atoms with E-state index in [0.717, 1.165) is 24.7 Å². The van der Waals surface area contributed by atoms with Gasteiger partial charge in [-0.05, 0) is 44.1 Å². The fraction of sp³-hybridized carbons (Fsp3) is 0.462. The van der Waals surface area contributed by atoms with E-state index in [2.05, 4.69) is 25.7 Å². The standard InChI is InChI=1S/C13H20O2Si/c1-11(2)13-10-12(15-16(13,3)4)8-6-5-7-9-14/h5,7,9-10,12H,1,6,8H2,2-4H3/b7-5+. The largest absolute Gasteiger partial charge is 0.407 e. The molecule has 0 aromatic carbocycles. The van der Waals surface area contributed by atoms with Crippen molar-refractivity contribution in [1.29, 1.82) is 0 Å². The zero-order valence-corrected chi connectivity index (χ0v) is 11.3. The molecule has 0 aromatic rings. The van der Waals surface area contributed by atoms with Gasteiger partial charge in [-0.2, -0.15) is 0 Å². The molecule has 0 amide bonds. The Labute approximate surface area is 98.8 Å². The van der Waals surface area contributed by atoms with Crippen molar-refractivity contribution < 1.29 is 9.22 Å². The summed E-state index contributed by atoms with van der Waals surface area (Å²) in [6, 6.07) is 0. The van der Waals surface area contributed by atoms with Crippen molar-refractivity contribution in [3.05, 3.63) is 35.6 Å². The smallest absolute Gasteiger partial charge is 0.218 e. The van der Waals surface area contributed by atoms with Gasteiger partial charge < -0.3 is 4.43 Å². The van der Waals surface area contributed by atoms with E-state index in [1.54, 1.807) is 6.08 Å². The first kappa shape index (κ1) is 13.1. The van der Waals surface area contributed by atoms with Gasteiger partial charge >= 0.3 is 0 Å². The predicted octanol–water partition coefficient (Wildman–Crippen LogP) is 3.17. The lowest BCUT2D eigenvalue weighted by Gasteiger charge is -2.21. The van der Waals surface area contributed by atoms with Crippen LogP contribution in [0.15, 0.2) is 35.6 Å². The Balaban J connectivity index is 2.57. The van der Waals surface area contributed by atoms with E-state index in [-0.39, 0.29) is 6.10 Å². The first-order valence-corrected chi connectivity index (χ1v) is 8.54. The van der Waals surface area contributed by atoms with Gasteiger partial charge in [0.05, 0.1) is 6.10 Å². The number of rotatable bonds is 5. The fourth-order valence-electron chi connectivity index (χ4n) is 2.07. The molecule has 0 aliphatic carbocycles. The van der Waals surface area contributed by atoms with Crippen molar-refractivity contribution in [3.8, 4) is 0 Å². The molecule has 0 fully saturated rings. The number of carbonyl (C=O) groups excluding carboxylic acids is 1. The van der Waals surface area contributed by atoms with Crippen LogP contribution in [0.4, 0.5) is 0 Å². The number of hydrogen-bond acceptors (Lipinski definition) is 2. The normalized spacial score (nSPS) is 23.4. The van der Waals surface area contributed by atoms with Crippen LogP contribution in [-0.2, 0) is 9.22 Å². The highest BCUT2D eigenvalue weighted by Crippen LogP contribution is 2.32. The van der Waals surface area contributed by atoms with Crippen LogP contribution in [0.2, 0.25) is 13.1 Å². The molecule has 0 bridgehead atoms. The number of carbonyl (C=O) groups is 1. The van der Waals surface area contributed by atoms with Crippen molar-refractivity contribution in [3.63, 3.8) is 0 Å². The van der Waals surface area contributed by atoms with Crippen molar-refractivity contribution in [1.82, 2.24) is 0 Å². The first-order chi connectivity index (χ1) is 7.47. The molecule has 0 aromatic heterocycles. The Morgan fingerprint density at radius 1 is 1.62 bits per heavy atom. The fourth-order valence-corrected chi connectivity index (χ4v) is 4.76. The third kappa shape index (κ3) is 3.28. The summed E-state index contributed by atoms with van der Waals surface area (Å²) in [4.78, 5) is 10.1. The summed E-state index contributed by atoms with van der Waals surface area (Å²) in [6.45, 7) is 10.4. The number of hydrogen-bond donors (Lipinski definition) is 0. The molecular weight excluding hydrogens is 216 g/mol. The SMILES string of the molecule is C=C(C)C1=CC(CC/C=C/C=O)O[Si]1(C)C. The van der Waals surface area contributed by atoms with Gasteiger partial charge in [0, 0.05) is 0 Å². The van der Waals surface area contributed by atoms with Crippen molar-refractivity contribution in [2.75, 3.05) is 0 Å². The van der Waals surface area contributed by atoms with Crippen LogP contribution < -0.4 is 0 Å². The van der Waals surface area contributed by atoms with Crippen LogP contribution in [0.1, 0.15) is 19.8 Å². The van der Waals surface area contributed by atoms with E-state index in [0.29, 0.717) is 0 Å². The molecule has 16 heavy (non-hydrogen) atoms. The minimum atomic E-state index is -1.70. The Morgan fingerprint density at radius 3 is 2.81 bits per heavy atom. The zero-order chi connectivity index (χ0) is 12.2. The van der Waals surface area contributed by atoms with E-state index in [4.69, 9.17) is 4.43 Å². The molecular formula is C13H20O2Si. The van der Waals surface area contributed by atoms with Crippen molar-refractivity contribution in [2.45, 2.75) is 39.0 Å². The van der Waals surface area contributed by atoms with E-state index < -0.39 is 8.32 Å². The quantitative estimate of drug-likeness (QED) is 0.416. The van der Waals surface area contributed by atoms with Crippen molar-refractivity contribution in [2.24, 2.45) is 0 Å². The van der Waals surface area contributed by atoms with E-state index >= 15 is 0 Å². The van der Waals surface area contributed by atoms with Crippen LogP contribution in [0.3, 0.4) is 0 Å². The molecule has 0 spiro atoms. The van der Waals surface area contributed by atoms with Crippen LogP contribution in [0.5, 0.6) is 0 Å². The molecule has 1 rings (SSSR count). The zero-order valence-electron chi connectivity index (χ0n) is 10.3. The average molecular weight is 236 g/mol. The van der Waals surface area contributed by atoms with Crippen molar-refractivity contribution >= 4 is 14.6 Å². The summed E-state index contributed by atoms with van der Waals surface area (Å²) in [7, 11) is -1.70. The lowest BCUT2D eigenvalue weighted by atomic mass is 10.1. The van der Waals surface area contributed by atoms with Gasteiger partial charge in [0.1, 0.15) is 6.29 Å². The van der Waals surface area contributed by atoms with Gasteiger partial charge in [0.2, 0.25) is 8.32 Å². The first-order valence-electron chi connectivity index (χ1n) is 5.63. The van der Waals surface area contributed by atoms with Gasteiger partial charge in [-0.1, -0.05) is 24.3 Å². The molecule has 1 atom stereocenters. The maximum Gasteiger partial charge on any atom is 0.218 e. The second kappa shape index (κ2) is 5.41. The summed E-state index contributed by atoms with van der Waals surface area (Å²) < 4.78 is 6.07. The van der Waals surface area contributed by atoms with Gasteiger partial charge in [0.15, 0.2) is 0 Å². The molecule has 1 aliphatic heterocycles. The van der Waals surface area contributed by atoms with Gasteiger partial charge in [0.25, 0.3) is 0 Å². The third-order valence-electron chi connectivity index (χ3n) is 2.74. The topological polar surface area (TPSA) is 26.3 Å². The van der Waals surface area contributed by atoms with E-state index in [1.165, 1.54) is 5.20 Å². The second-order valence-electron chi connectivity index (χ2n) is 4.67. The molecule has 0 N–H and O–H groups in total. The Morgan fingerprint density at radius 2 is 2.31 bits per heavy atom. The average Bonchev–Trinajstić information content (AvgIpc) is 2.48. The van der Waals surface area contributed by atoms with Crippen LogP contribution in [0.25, 0.3) is 0 Å². The molecule has 0 saturated heterocycles. The lowest BCUT2D eigenvalue weighted by Crippen LogP contribution is -2.31. The van der Waals surface area contributed by atoms with Crippen LogP contribution in [-0.4, -0.2) is 20.7 Å². The van der Waals surface area contributed by atoms with Gasteiger partial charge in [-0.15, -0.1) is 0 Å². The number of aldehydes is 1. The maximum atomic E-state index is 10.1. The minimum absolute atomic E-state index is 0.199. The lowest BCUT2D eigenvalue weighted by molar-refractivity contribution is -0.104. The molecule has 1 heterocycles. The summed E-state index contributed by atoms with van der Waals surface area (Å²) in [6.07, 6.45) is 8.47. The highest BCUT2D eigenvalue weighted by molar-refractivity contribution is 6.80. The van der Waals surface area contributed by atoms with Gasteiger partial charge in [-0.3, -0.25) is 4.79 Å². The van der Waals surface area contributed by atoms with E-state index in [1.807, 2.05) is 13.0 Å². The molecule has 2 nitrogen and oxygen atoms in total. The summed E-state index contributed by atoms with van der Waals surface area (Å²) in [5.41, 5.74) is 1.13. The predicted molar refractivity (Wildman–Crippen MR) is 69.7 cm³/mol. The molecule has 1 unspecified atom stereocenters. The Bertz CT molecular complexity index is 340. The second-order valence-corrected chi connectivity index (χ2v) is 8.46. The molecule has 1 aliphatic rings. The monoisotopic (exact) mass is 236 g/mol. The Kier molecular flexibility index (Phi) is 4.44. The highest BCUT2D eigenvalue weighted by Gasteiger charge is 2.36. The summed E-state index contributed by atoms with van der Waals surface area (Å²) >= 11 is 0. The highest BCUT2D eigenvalue weighted by atomic mass is 28.4. The summed E-state index contributed by atoms with van der Waals surface area (Å²) in [5.74, 6) is 0. The van der Waals surface area contributed by atoms with E-state index in [9.17, 15) is 4.79 Å². The van der Waals surface area contributed by atoms with Crippen LogP contribution >= 0.6 is 0 Å². The molecule has 0 radical (unpaired) electrons.